The number of phenols is 1. The van der Waals surface area contributed by atoms with E-state index in [1.54, 1.807) is 37.3 Å². The first-order valence-corrected chi connectivity index (χ1v) is 8.11. The standard InChI is InChI=1S/C20H20O6/c1-4-16(21)19(24)26-20(2,3)25-14-10-11-15(17(22)12-14)18(23)13-8-6-5-7-9-13/h5-12,22H,4H2,1-3H3. The Morgan fingerprint density at radius 2 is 1.69 bits per heavy atom. The van der Waals surface area contributed by atoms with E-state index in [0.29, 0.717) is 5.56 Å². The molecule has 2 aromatic carbocycles. The molecule has 0 saturated carbocycles. The van der Waals surface area contributed by atoms with Gasteiger partial charge in [0, 0.05) is 31.9 Å². The number of rotatable bonds is 7. The van der Waals surface area contributed by atoms with E-state index >= 15 is 0 Å². The minimum atomic E-state index is -1.42. The highest BCUT2D eigenvalue weighted by Gasteiger charge is 2.28. The summed E-state index contributed by atoms with van der Waals surface area (Å²) < 4.78 is 10.5. The summed E-state index contributed by atoms with van der Waals surface area (Å²) in [6.07, 6.45) is 0.0337. The first-order chi connectivity index (χ1) is 12.2. The van der Waals surface area contributed by atoms with Gasteiger partial charge in [0.15, 0.2) is 5.78 Å². The molecule has 0 aliphatic carbocycles. The predicted molar refractivity (Wildman–Crippen MR) is 94.1 cm³/mol. The summed E-state index contributed by atoms with van der Waals surface area (Å²) in [5.74, 6) is -3.46. The Hall–Kier alpha value is -3.15. The molecule has 0 aliphatic rings. The normalized spacial score (nSPS) is 10.9. The molecule has 0 fully saturated rings. The summed E-state index contributed by atoms with van der Waals surface area (Å²) in [5.41, 5.74) is 0.573. The van der Waals surface area contributed by atoms with Gasteiger partial charge in [-0.3, -0.25) is 9.59 Å². The molecule has 26 heavy (non-hydrogen) atoms. The van der Waals surface area contributed by atoms with E-state index in [-0.39, 0.29) is 29.3 Å². The van der Waals surface area contributed by atoms with Gasteiger partial charge in [0.25, 0.3) is 0 Å². The quantitative estimate of drug-likeness (QED) is 0.354. The summed E-state index contributed by atoms with van der Waals surface area (Å²) in [6, 6.07) is 12.7. The van der Waals surface area contributed by atoms with Crippen molar-refractivity contribution in [2.24, 2.45) is 0 Å². The third-order valence-corrected chi connectivity index (χ3v) is 3.50. The monoisotopic (exact) mass is 356 g/mol. The summed E-state index contributed by atoms with van der Waals surface area (Å²) in [4.78, 5) is 35.4. The van der Waals surface area contributed by atoms with Crippen LogP contribution in [0.1, 0.15) is 43.1 Å². The van der Waals surface area contributed by atoms with Gasteiger partial charge in [-0.15, -0.1) is 0 Å². The molecule has 0 heterocycles. The highest BCUT2D eigenvalue weighted by molar-refractivity contribution is 6.33. The molecule has 1 N–H and O–H groups in total. The smallest absolute Gasteiger partial charge is 0.377 e. The number of esters is 1. The third-order valence-electron chi connectivity index (χ3n) is 3.50. The first kappa shape index (κ1) is 19.2. The average molecular weight is 356 g/mol. The number of hydrogen-bond donors (Lipinski definition) is 1. The zero-order valence-corrected chi connectivity index (χ0v) is 14.8. The highest BCUT2D eigenvalue weighted by atomic mass is 16.7. The van der Waals surface area contributed by atoms with Gasteiger partial charge in [0.05, 0.1) is 5.56 Å². The van der Waals surface area contributed by atoms with E-state index in [1.165, 1.54) is 32.0 Å². The fourth-order valence-corrected chi connectivity index (χ4v) is 2.24. The Balaban J connectivity index is 2.15. The molecule has 0 amide bonds. The first-order valence-electron chi connectivity index (χ1n) is 8.11. The number of carbonyl (C=O) groups excluding carboxylic acids is 3. The van der Waals surface area contributed by atoms with Crippen molar-refractivity contribution in [2.45, 2.75) is 33.0 Å². The number of hydrogen-bond acceptors (Lipinski definition) is 6. The minimum absolute atomic E-state index is 0.0337. The van der Waals surface area contributed by atoms with E-state index in [0.717, 1.165) is 0 Å². The van der Waals surface area contributed by atoms with Gasteiger partial charge >= 0.3 is 5.97 Å². The minimum Gasteiger partial charge on any atom is -0.507 e. The van der Waals surface area contributed by atoms with Crippen LogP contribution in [0.15, 0.2) is 48.5 Å². The topological polar surface area (TPSA) is 89.9 Å². The van der Waals surface area contributed by atoms with Crippen LogP contribution < -0.4 is 4.74 Å². The summed E-state index contributed by atoms with van der Waals surface area (Å²) in [5, 5.41) is 10.2. The van der Waals surface area contributed by atoms with Gasteiger partial charge in [-0.1, -0.05) is 37.3 Å². The van der Waals surface area contributed by atoms with Gasteiger partial charge in [-0.25, -0.2) is 4.79 Å². The fourth-order valence-electron chi connectivity index (χ4n) is 2.24. The van der Waals surface area contributed by atoms with Gasteiger partial charge < -0.3 is 14.6 Å². The second-order valence-corrected chi connectivity index (χ2v) is 6.04. The molecule has 2 rings (SSSR count). The van der Waals surface area contributed by atoms with Crippen LogP contribution in [0.25, 0.3) is 0 Å². The van der Waals surface area contributed by atoms with Crippen LogP contribution in [-0.4, -0.2) is 28.4 Å². The largest absolute Gasteiger partial charge is 0.507 e. The Bertz CT molecular complexity index is 823. The third kappa shape index (κ3) is 4.69. The van der Waals surface area contributed by atoms with Crippen molar-refractivity contribution >= 4 is 17.5 Å². The van der Waals surface area contributed by atoms with Crippen LogP contribution in [0.5, 0.6) is 11.5 Å². The molecule has 0 spiro atoms. The number of carbonyl (C=O) groups is 3. The molecular weight excluding hydrogens is 336 g/mol. The number of ketones is 2. The van der Waals surface area contributed by atoms with Crippen LogP contribution in [0, 0.1) is 0 Å². The maximum Gasteiger partial charge on any atom is 0.377 e. The summed E-state index contributed by atoms with van der Waals surface area (Å²) in [7, 11) is 0. The molecule has 0 atom stereocenters. The lowest BCUT2D eigenvalue weighted by Crippen LogP contribution is -2.37. The van der Waals surface area contributed by atoms with Crippen LogP contribution in [0.4, 0.5) is 0 Å². The van der Waals surface area contributed by atoms with E-state index in [2.05, 4.69) is 0 Å². The van der Waals surface area contributed by atoms with Crippen molar-refractivity contribution in [3.63, 3.8) is 0 Å². The number of ether oxygens (including phenoxy) is 2. The molecular formula is C20H20O6. The summed E-state index contributed by atoms with van der Waals surface area (Å²) in [6.45, 7) is 4.49. The van der Waals surface area contributed by atoms with E-state index in [1.807, 2.05) is 0 Å². The molecule has 2 aromatic rings. The molecule has 0 bridgehead atoms. The molecule has 0 saturated heterocycles. The zero-order chi connectivity index (χ0) is 19.3. The van der Waals surface area contributed by atoms with Crippen molar-refractivity contribution in [2.75, 3.05) is 0 Å². The second-order valence-electron chi connectivity index (χ2n) is 6.04. The number of benzene rings is 2. The van der Waals surface area contributed by atoms with Crippen LogP contribution >= 0.6 is 0 Å². The summed E-state index contributed by atoms with van der Waals surface area (Å²) >= 11 is 0. The second kappa shape index (κ2) is 7.82. The molecule has 0 aliphatic heterocycles. The molecule has 0 unspecified atom stereocenters. The van der Waals surface area contributed by atoms with Crippen molar-refractivity contribution in [1.29, 1.82) is 0 Å². The lowest BCUT2D eigenvalue weighted by Gasteiger charge is -2.26. The zero-order valence-electron chi connectivity index (χ0n) is 14.8. The number of Topliss-reactive ketones (excluding diaryl/α,β-unsaturated/α-hetero) is 1. The molecule has 136 valence electrons. The van der Waals surface area contributed by atoms with Gasteiger partial charge in [-0.05, 0) is 12.1 Å². The van der Waals surface area contributed by atoms with Crippen LogP contribution in [-0.2, 0) is 14.3 Å². The highest BCUT2D eigenvalue weighted by Crippen LogP contribution is 2.28. The predicted octanol–water partition coefficient (Wildman–Crippen LogP) is 3.26. The van der Waals surface area contributed by atoms with E-state index < -0.39 is 17.5 Å². The maximum atomic E-state index is 12.4. The Morgan fingerprint density at radius 1 is 1.04 bits per heavy atom. The fraction of sp³-hybridized carbons (Fsp3) is 0.250. The van der Waals surface area contributed by atoms with Crippen molar-refractivity contribution < 1.29 is 29.0 Å². The number of aromatic hydroxyl groups is 1. The average Bonchev–Trinajstić information content (AvgIpc) is 2.60. The Morgan fingerprint density at radius 3 is 2.27 bits per heavy atom. The lowest BCUT2D eigenvalue weighted by atomic mass is 10.0. The maximum absolute atomic E-state index is 12.4. The van der Waals surface area contributed by atoms with Crippen molar-refractivity contribution in [1.82, 2.24) is 0 Å². The van der Waals surface area contributed by atoms with E-state index in [9.17, 15) is 19.5 Å². The lowest BCUT2D eigenvalue weighted by molar-refractivity contribution is -0.188. The van der Waals surface area contributed by atoms with Crippen molar-refractivity contribution in [3.8, 4) is 11.5 Å². The molecule has 6 heteroatoms. The number of phenolic OH excluding ortho intramolecular Hbond substituents is 1. The van der Waals surface area contributed by atoms with Gasteiger partial charge in [0.2, 0.25) is 11.6 Å². The van der Waals surface area contributed by atoms with Gasteiger partial charge in [0.1, 0.15) is 11.5 Å². The van der Waals surface area contributed by atoms with Gasteiger partial charge in [-0.2, -0.15) is 0 Å². The van der Waals surface area contributed by atoms with Crippen LogP contribution in [0.2, 0.25) is 0 Å². The Kier molecular flexibility index (Phi) is 5.77. The molecule has 0 aromatic heterocycles. The van der Waals surface area contributed by atoms with Crippen molar-refractivity contribution in [3.05, 3.63) is 59.7 Å². The SMILES string of the molecule is CCC(=O)C(=O)OC(C)(C)Oc1ccc(C(=O)c2ccccc2)c(O)c1. The Labute approximate surface area is 151 Å². The van der Waals surface area contributed by atoms with E-state index in [4.69, 9.17) is 9.47 Å². The molecule has 0 radical (unpaired) electrons. The molecule has 6 nitrogen and oxygen atoms in total. The van der Waals surface area contributed by atoms with Crippen LogP contribution in [0.3, 0.4) is 0 Å².